The molecular weight excluding hydrogens is 230 g/mol. The van der Waals surface area contributed by atoms with Gasteiger partial charge in [0.15, 0.2) is 0 Å². The fraction of sp³-hybridized carbons (Fsp3) is 0.333. The minimum atomic E-state index is 0.646. The maximum Gasteiger partial charge on any atom is 0.0148 e. The SMILES string of the molecule is c1ccc(CCCNC2Cc3ccccc3C2)cc1. The average Bonchev–Trinajstić information content (AvgIpc) is 2.87. The van der Waals surface area contributed by atoms with Gasteiger partial charge in [-0.2, -0.15) is 0 Å². The topological polar surface area (TPSA) is 12.0 Å². The lowest BCUT2D eigenvalue weighted by atomic mass is 10.1. The van der Waals surface area contributed by atoms with Crippen LogP contribution in [0.5, 0.6) is 0 Å². The van der Waals surface area contributed by atoms with Crippen molar-refractivity contribution in [2.24, 2.45) is 0 Å². The summed E-state index contributed by atoms with van der Waals surface area (Å²) in [6.07, 6.45) is 4.79. The van der Waals surface area contributed by atoms with Gasteiger partial charge in [-0.3, -0.25) is 0 Å². The number of nitrogens with one attached hydrogen (secondary N) is 1. The van der Waals surface area contributed by atoms with Gasteiger partial charge in [0, 0.05) is 6.04 Å². The van der Waals surface area contributed by atoms with Crippen molar-refractivity contribution in [3.8, 4) is 0 Å². The number of rotatable bonds is 5. The van der Waals surface area contributed by atoms with Crippen LogP contribution >= 0.6 is 0 Å². The molecule has 0 aliphatic heterocycles. The maximum atomic E-state index is 3.70. The lowest BCUT2D eigenvalue weighted by Crippen LogP contribution is -2.30. The van der Waals surface area contributed by atoms with Crippen LogP contribution < -0.4 is 5.32 Å². The van der Waals surface area contributed by atoms with Gasteiger partial charge in [0.25, 0.3) is 0 Å². The third-order valence-corrected chi connectivity index (χ3v) is 3.97. The monoisotopic (exact) mass is 251 g/mol. The van der Waals surface area contributed by atoms with Crippen molar-refractivity contribution in [1.29, 1.82) is 0 Å². The zero-order valence-electron chi connectivity index (χ0n) is 11.3. The molecule has 0 bridgehead atoms. The van der Waals surface area contributed by atoms with Crippen molar-refractivity contribution in [3.05, 3.63) is 71.3 Å². The van der Waals surface area contributed by atoms with Crippen LogP contribution in [0.4, 0.5) is 0 Å². The molecule has 0 amide bonds. The van der Waals surface area contributed by atoms with E-state index < -0.39 is 0 Å². The van der Waals surface area contributed by atoms with Crippen LogP contribution in [-0.2, 0) is 19.3 Å². The number of fused-ring (bicyclic) bond motifs is 1. The van der Waals surface area contributed by atoms with Crippen molar-refractivity contribution in [3.63, 3.8) is 0 Å². The summed E-state index contributed by atoms with van der Waals surface area (Å²) in [4.78, 5) is 0. The summed E-state index contributed by atoms with van der Waals surface area (Å²) in [6.45, 7) is 1.12. The van der Waals surface area contributed by atoms with E-state index in [-0.39, 0.29) is 0 Å². The van der Waals surface area contributed by atoms with Gasteiger partial charge in [-0.15, -0.1) is 0 Å². The van der Waals surface area contributed by atoms with E-state index >= 15 is 0 Å². The fourth-order valence-corrected chi connectivity index (χ4v) is 2.95. The highest BCUT2D eigenvalue weighted by Crippen LogP contribution is 2.21. The summed E-state index contributed by atoms with van der Waals surface area (Å²) in [5.41, 5.74) is 4.50. The normalized spacial score (nSPS) is 14.5. The summed E-state index contributed by atoms with van der Waals surface area (Å²) in [5.74, 6) is 0. The Kier molecular flexibility index (Phi) is 3.95. The van der Waals surface area contributed by atoms with Gasteiger partial charge in [-0.1, -0.05) is 54.6 Å². The number of hydrogen-bond acceptors (Lipinski definition) is 1. The smallest absolute Gasteiger partial charge is 0.0148 e. The highest BCUT2D eigenvalue weighted by atomic mass is 14.9. The zero-order valence-corrected chi connectivity index (χ0v) is 11.3. The Balaban J connectivity index is 1.41. The molecular formula is C18H21N. The molecule has 1 aliphatic carbocycles. The minimum Gasteiger partial charge on any atom is -0.313 e. The minimum absolute atomic E-state index is 0.646. The molecule has 0 aromatic heterocycles. The molecule has 2 aromatic rings. The molecule has 98 valence electrons. The molecule has 1 aliphatic rings. The molecule has 3 rings (SSSR count). The quantitative estimate of drug-likeness (QED) is 0.803. The molecule has 0 atom stereocenters. The van der Waals surface area contributed by atoms with E-state index in [2.05, 4.69) is 59.9 Å². The lowest BCUT2D eigenvalue weighted by Gasteiger charge is -2.11. The van der Waals surface area contributed by atoms with Crippen molar-refractivity contribution in [1.82, 2.24) is 5.32 Å². The largest absolute Gasteiger partial charge is 0.313 e. The molecule has 0 radical (unpaired) electrons. The van der Waals surface area contributed by atoms with E-state index in [4.69, 9.17) is 0 Å². The van der Waals surface area contributed by atoms with Crippen LogP contribution in [0.25, 0.3) is 0 Å². The van der Waals surface area contributed by atoms with Crippen LogP contribution in [0.3, 0.4) is 0 Å². The Labute approximate surface area is 115 Å². The first-order valence-electron chi connectivity index (χ1n) is 7.26. The van der Waals surface area contributed by atoms with Gasteiger partial charge in [0.05, 0.1) is 0 Å². The molecule has 1 nitrogen and oxygen atoms in total. The van der Waals surface area contributed by atoms with Crippen LogP contribution in [0.15, 0.2) is 54.6 Å². The number of aryl methyl sites for hydroxylation is 1. The highest BCUT2D eigenvalue weighted by molar-refractivity contribution is 5.33. The first kappa shape index (κ1) is 12.4. The Morgan fingerprint density at radius 2 is 1.47 bits per heavy atom. The Morgan fingerprint density at radius 1 is 0.842 bits per heavy atom. The van der Waals surface area contributed by atoms with Gasteiger partial charge >= 0.3 is 0 Å². The molecule has 1 heteroatoms. The molecule has 1 N–H and O–H groups in total. The van der Waals surface area contributed by atoms with E-state index in [9.17, 15) is 0 Å². The molecule has 0 spiro atoms. The Morgan fingerprint density at radius 3 is 2.16 bits per heavy atom. The lowest BCUT2D eigenvalue weighted by molar-refractivity contribution is 0.523. The summed E-state index contributed by atoms with van der Waals surface area (Å²) in [5, 5.41) is 3.70. The zero-order chi connectivity index (χ0) is 12.9. The van der Waals surface area contributed by atoms with Crippen molar-refractivity contribution < 1.29 is 0 Å². The summed E-state index contributed by atoms with van der Waals surface area (Å²) in [6, 6.07) is 20.2. The summed E-state index contributed by atoms with van der Waals surface area (Å²) < 4.78 is 0. The van der Waals surface area contributed by atoms with E-state index in [1.54, 1.807) is 0 Å². The van der Waals surface area contributed by atoms with Gasteiger partial charge in [0.1, 0.15) is 0 Å². The first-order chi connectivity index (χ1) is 9.42. The molecule has 2 aromatic carbocycles. The maximum absolute atomic E-state index is 3.70. The Hall–Kier alpha value is -1.60. The van der Waals surface area contributed by atoms with Crippen molar-refractivity contribution in [2.45, 2.75) is 31.7 Å². The number of benzene rings is 2. The molecule has 19 heavy (non-hydrogen) atoms. The third kappa shape index (κ3) is 3.24. The van der Waals surface area contributed by atoms with Crippen molar-refractivity contribution >= 4 is 0 Å². The van der Waals surface area contributed by atoms with Gasteiger partial charge in [-0.25, -0.2) is 0 Å². The Bertz CT molecular complexity index is 493. The van der Waals surface area contributed by atoms with Crippen LogP contribution in [0, 0.1) is 0 Å². The summed E-state index contributed by atoms with van der Waals surface area (Å²) in [7, 11) is 0. The third-order valence-electron chi connectivity index (χ3n) is 3.97. The van der Waals surface area contributed by atoms with Crippen molar-refractivity contribution in [2.75, 3.05) is 6.54 Å². The molecule has 0 fully saturated rings. The average molecular weight is 251 g/mol. The predicted octanol–water partition coefficient (Wildman–Crippen LogP) is 3.38. The second-order valence-corrected chi connectivity index (χ2v) is 5.42. The number of hydrogen-bond donors (Lipinski definition) is 1. The highest BCUT2D eigenvalue weighted by Gasteiger charge is 2.19. The molecule has 0 heterocycles. The van der Waals surface area contributed by atoms with E-state index in [1.807, 2.05) is 0 Å². The van der Waals surface area contributed by atoms with Crippen LogP contribution in [-0.4, -0.2) is 12.6 Å². The van der Waals surface area contributed by atoms with Crippen LogP contribution in [0.1, 0.15) is 23.1 Å². The first-order valence-corrected chi connectivity index (χ1v) is 7.26. The fourth-order valence-electron chi connectivity index (χ4n) is 2.95. The molecule has 0 saturated heterocycles. The standard InChI is InChI=1S/C18H21N/c1-2-7-15(8-3-1)9-6-12-19-18-13-16-10-4-5-11-17(16)14-18/h1-5,7-8,10-11,18-19H,6,9,12-14H2. The van der Waals surface area contributed by atoms with E-state index in [1.165, 1.54) is 42.4 Å². The van der Waals surface area contributed by atoms with Crippen LogP contribution in [0.2, 0.25) is 0 Å². The van der Waals surface area contributed by atoms with Gasteiger partial charge < -0.3 is 5.32 Å². The summed E-state index contributed by atoms with van der Waals surface area (Å²) >= 11 is 0. The molecule has 0 saturated carbocycles. The van der Waals surface area contributed by atoms with Gasteiger partial charge in [0.2, 0.25) is 0 Å². The van der Waals surface area contributed by atoms with E-state index in [0.717, 1.165) is 6.54 Å². The second kappa shape index (κ2) is 6.03. The second-order valence-electron chi connectivity index (χ2n) is 5.42. The predicted molar refractivity (Wildman–Crippen MR) is 80.4 cm³/mol. The van der Waals surface area contributed by atoms with Gasteiger partial charge in [-0.05, 0) is 48.9 Å². The molecule has 0 unspecified atom stereocenters. The van der Waals surface area contributed by atoms with E-state index in [0.29, 0.717) is 6.04 Å².